The van der Waals surface area contributed by atoms with Crippen LogP contribution >= 0.6 is 11.3 Å². The van der Waals surface area contributed by atoms with Crippen LogP contribution in [0.5, 0.6) is 0 Å². The van der Waals surface area contributed by atoms with E-state index in [9.17, 15) is 9.59 Å². The Hall–Kier alpha value is -2.35. The van der Waals surface area contributed by atoms with Crippen molar-refractivity contribution >= 4 is 33.6 Å². The van der Waals surface area contributed by atoms with Gasteiger partial charge in [0.15, 0.2) is 0 Å². The van der Waals surface area contributed by atoms with Crippen LogP contribution in [0.1, 0.15) is 20.8 Å². The minimum absolute atomic E-state index is 0.201. The smallest absolute Gasteiger partial charge is 0.408 e. The number of ether oxygens (including phenoxy) is 1. The number of aryl methyl sites for hydroxylation is 1. The first-order valence-corrected chi connectivity index (χ1v) is 7.92. The van der Waals surface area contributed by atoms with E-state index in [0.717, 1.165) is 10.2 Å². The fraction of sp³-hybridized carbons (Fsp3) is 0.400. The Kier molecular flexibility index (Phi) is 5.05. The largest absolute Gasteiger partial charge is 0.444 e. The Bertz CT molecular complexity index is 786. The molecule has 2 rings (SSSR count). The summed E-state index contributed by atoms with van der Waals surface area (Å²) in [5.41, 5.74) is 2.86. The van der Waals surface area contributed by atoms with E-state index in [2.05, 4.69) is 15.8 Å². The molecule has 1 heterocycles. The molecule has 0 fully saturated rings. The lowest BCUT2D eigenvalue weighted by molar-refractivity contribution is -0.120. The zero-order valence-corrected chi connectivity index (χ0v) is 14.4. The number of carbonyl (C=O) groups is 2. The van der Waals surface area contributed by atoms with Crippen LogP contribution in [0.15, 0.2) is 29.4 Å². The van der Waals surface area contributed by atoms with Gasteiger partial charge in [-0.15, -0.1) is 5.10 Å². The van der Waals surface area contributed by atoms with Gasteiger partial charge in [-0.1, -0.05) is 23.5 Å². The van der Waals surface area contributed by atoms with Crippen LogP contribution in [0.25, 0.3) is 10.2 Å². The topological polar surface area (TPSA) is 84.7 Å². The SMILES string of the molecule is Cn1c(=NNC(=O)CNC(=O)OC(C)(C)C)sc2ccccc21. The monoisotopic (exact) mass is 336 g/mol. The average Bonchev–Trinajstić information content (AvgIpc) is 2.78. The molecule has 2 aromatic rings. The number of thiazole rings is 1. The first kappa shape index (κ1) is 17.0. The molecule has 0 saturated carbocycles. The maximum Gasteiger partial charge on any atom is 0.408 e. The highest BCUT2D eigenvalue weighted by molar-refractivity contribution is 7.16. The van der Waals surface area contributed by atoms with Crippen molar-refractivity contribution in [3.8, 4) is 0 Å². The third-order valence-corrected chi connectivity index (χ3v) is 3.90. The summed E-state index contributed by atoms with van der Waals surface area (Å²) in [7, 11) is 1.88. The Morgan fingerprint density at radius 2 is 2.00 bits per heavy atom. The third kappa shape index (κ3) is 4.82. The number of amides is 2. The van der Waals surface area contributed by atoms with Gasteiger partial charge in [-0.3, -0.25) is 4.79 Å². The number of benzene rings is 1. The molecule has 0 aliphatic rings. The van der Waals surface area contributed by atoms with Crippen molar-refractivity contribution < 1.29 is 14.3 Å². The minimum Gasteiger partial charge on any atom is -0.444 e. The fourth-order valence-electron chi connectivity index (χ4n) is 1.80. The number of aromatic nitrogens is 1. The van der Waals surface area contributed by atoms with E-state index < -0.39 is 17.6 Å². The highest BCUT2D eigenvalue weighted by atomic mass is 32.1. The minimum atomic E-state index is -0.639. The number of rotatable bonds is 3. The van der Waals surface area contributed by atoms with Crippen molar-refractivity contribution in [2.24, 2.45) is 12.1 Å². The standard InChI is InChI=1S/C15H20N4O3S/c1-15(2,3)22-14(21)16-9-12(20)17-18-13-19(4)10-7-5-6-8-11(10)23-13/h5-8H,9H2,1-4H3,(H,16,21)(H,17,20). The summed E-state index contributed by atoms with van der Waals surface area (Å²) in [5.74, 6) is -0.423. The first-order chi connectivity index (χ1) is 10.8. The maximum atomic E-state index is 11.7. The Morgan fingerprint density at radius 3 is 2.65 bits per heavy atom. The molecule has 1 aromatic heterocycles. The number of nitrogens with zero attached hydrogens (tertiary/aromatic N) is 2. The van der Waals surface area contributed by atoms with Gasteiger partial charge in [0.1, 0.15) is 12.1 Å². The van der Waals surface area contributed by atoms with E-state index in [1.165, 1.54) is 11.3 Å². The number of carbonyl (C=O) groups excluding carboxylic acids is 2. The molecule has 2 amide bonds. The van der Waals surface area contributed by atoms with E-state index in [0.29, 0.717) is 4.80 Å². The Labute approximate surface area is 138 Å². The van der Waals surface area contributed by atoms with E-state index >= 15 is 0 Å². The van der Waals surface area contributed by atoms with Crippen LogP contribution in [0.4, 0.5) is 4.79 Å². The second-order valence-corrected chi connectivity index (χ2v) is 6.92. The summed E-state index contributed by atoms with van der Waals surface area (Å²) in [4.78, 5) is 23.9. The van der Waals surface area contributed by atoms with Gasteiger partial charge in [0, 0.05) is 7.05 Å². The number of alkyl carbamates (subject to hydrolysis) is 1. The molecule has 0 unspecified atom stereocenters. The predicted molar refractivity (Wildman–Crippen MR) is 88.7 cm³/mol. The number of hydrogen-bond acceptors (Lipinski definition) is 5. The number of hydrogen-bond donors (Lipinski definition) is 2. The van der Waals surface area contributed by atoms with Crippen LogP contribution in [-0.4, -0.2) is 28.7 Å². The lowest BCUT2D eigenvalue weighted by Crippen LogP contribution is -2.39. The highest BCUT2D eigenvalue weighted by Gasteiger charge is 2.16. The molecule has 7 nitrogen and oxygen atoms in total. The van der Waals surface area contributed by atoms with Gasteiger partial charge in [0.25, 0.3) is 5.91 Å². The molecular formula is C15H20N4O3S. The van der Waals surface area contributed by atoms with Gasteiger partial charge in [-0.05, 0) is 32.9 Å². The lowest BCUT2D eigenvalue weighted by Gasteiger charge is -2.19. The maximum absolute atomic E-state index is 11.7. The molecule has 0 radical (unpaired) electrons. The van der Waals surface area contributed by atoms with Crippen LogP contribution in [0.3, 0.4) is 0 Å². The summed E-state index contributed by atoms with van der Waals surface area (Å²) >= 11 is 1.47. The summed E-state index contributed by atoms with van der Waals surface area (Å²) in [5, 5.41) is 6.47. The second kappa shape index (κ2) is 6.82. The molecule has 0 spiro atoms. The van der Waals surface area contributed by atoms with Gasteiger partial charge < -0.3 is 14.6 Å². The zero-order valence-electron chi connectivity index (χ0n) is 13.5. The molecule has 8 heteroatoms. The number of nitrogens with one attached hydrogen (secondary N) is 2. The van der Waals surface area contributed by atoms with Crippen molar-refractivity contribution in [3.05, 3.63) is 29.1 Å². The van der Waals surface area contributed by atoms with Crippen LogP contribution in [0.2, 0.25) is 0 Å². The van der Waals surface area contributed by atoms with E-state index in [1.807, 2.05) is 35.9 Å². The van der Waals surface area contributed by atoms with Crippen molar-refractivity contribution in [3.63, 3.8) is 0 Å². The molecule has 1 aromatic carbocycles. The van der Waals surface area contributed by atoms with Crippen molar-refractivity contribution in [2.45, 2.75) is 26.4 Å². The quantitative estimate of drug-likeness (QED) is 0.837. The summed E-state index contributed by atoms with van der Waals surface area (Å²) in [6.45, 7) is 5.06. The van der Waals surface area contributed by atoms with Gasteiger partial charge >= 0.3 is 6.09 Å². The lowest BCUT2D eigenvalue weighted by atomic mass is 10.2. The molecule has 0 saturated heterocycles. The Morgan fingerprint density at radius 1 is 1.30 bits per heavy atom. The van der Waals surface area contributed by atoms with E-state index in [1.54, 1.807) is 20.8 Å². The van der Waals surface area contributed by atoms with Crippen molar-refractivity contribution in [1.82, 2.24) is 15.3 Å². The van der Waals surface area contributed by atoms with Crippen LogP contribution < -0.4 is 15.5 Å². The van der Waals surface area contributed by atoms with Crippen molar-refractivity contribution in [1.29, 1.82) is 0 Å². The van der Waals surface area contributed by atoms with E-state index in [-0.39, 0.29) is 6.54 Å². The summed E-state index contributed by atoms with van der Waals surface area (Å²) < 4.78 is 8.02. The van der Waals surface area contributed by atoms with Gasteiger partial charge in [0.05, 0.1) is 10.2 Å². The van der Waals surface area contributed by atoms with Gasteiger partial charge in [-0.25, -0.2) is 10.2 Å². The second-order valence-electron chi connectivity index (χ2n) is 5.91. The fourth-order valence-corrected chi connectivity index (χ4v) is 2.78. The molecule has 124 valence electrons. The summed E-state index contributed by atoms with van der Waals surface area (Å²) in [6.07, 6.45) is -0.639. The number of fused-ring (bicyclic) bond motifs is 1. The summed E-state index contributed by atoms with van der Waals surface area (Å²) in [6, 6.07) is 7.87. The van der Waals surface area contributed by atoms with E-state index in [4.69, 9.17) is 4.74 Å². The highest BCUT2D eigenvalue weighted by Crippen LogP contribution is 2.14. The molecular weight excluding hydrogens is 316 g/mol. The van der Waals surface area contributed by atoms with Crippen LogP contribution in [-0.2, 0) is 16.6 Å². The van der Waals surface area contributed by atoms with Gasteiger partial charge in [0.2, 0.25) is 4.80 Å². The average molecular weight is 336 g/mol. The van der Waals surface area contributed by atoms with Crippen molar-refractivity contribution in [2.75, 3.05) is 6.54 Å². The molecule has 23 heavy (non-hydrogen) atoms. The predicted octanol–water partition coefficient (Wildman–Crippen LogP) is 1.70. The van der Waals surface area contributed by atoms with Gasteiger partial charge in [-0.2, -0.15) is 0 Å². The first-order valence-electron chi connectivity index (χ1n) is 7.10. The third-order valence-electron chi connectivity index (χ3n) is 2.78. The zero-order chi connectivity index (χ0) is 17.0. The molecule has 0 aliphatic heterocycles. The number of para-hydroxylation sites is 1. The van der Waals surface area contributed by atoms with Crippen LogP contribution in [0, 0.1) is 0 Å². The molecule has 0 bridgehead atoms. The molecule has 2 N–H and O–H groups in total. The Balaban J connectivity index is 1.95. The molecule has 0 atom stereocenters. The molecule has 0 aliphatic carbocycles. The normalized spacial score (nSPS) is 12.3.